The number of nitrogens with one attached hydrogen (secondary N) is 1. The summed E-state index contributed by atoms with van der Waals surface area (Å²) in [7, 11) is 0. The second kappa shape index (κ2) is 5.41. The van der Waals surface area contributed by atoms with Gasteiger partial charge in [0.2, 0.25) is 0 Å². The first-order valence-electron chi connectivity index (χ1n) is 5.20. The van der Waals surface area contributed by atoms with Crippen LogP contribution < -0.4 is 11.1 Å². The molecule has 1 heterocycles. The third-order valence-electron chi connectivity index (χ3n) is 2.22. The minimum Gasteiger partial charge on any atom is -0.388 e. The average Bonchev–Trinajstić information content (AvgIpc) is 2.28. The summed E-state index contributed by atoms with van der Waals surface area (Å²) < 4.78 is 1.01. The van der Waals surface area contributed by atoms with Crippen molar-refractivity contribution in [2.45, 2.75) is 6.92 Å². The van der Waals surface area contributed by atoms with Crippen molar-refractivity contribution in [2.24, 2.45) is 5.73 Å². The van der Waals surface area contributed by atoms with Crippen LogP contribution in [0.2, 0.25) is 0 Å². The number of aryl methyl sites for hydroxylation is 1. The van der Waals surface area contributed by atoms with Gasteiger partial charge in [-0.25, -0.2) is 9.97 Å². The first-order chi connectivity index (χ1) is 8.54. The molecular formula is C12H11BrN4S. The van der Waals surface area contributed by atoms with Crippen molar-refractivity contribution in [3.63, 3.8) is 0 Å². The lowest BCUT2D eigenvalue weighted by Crippen LogP contribution is -2.12. The van der Waals surface area contributed by atoms with Gasteiger partial charge in [0.15, 0.2) is 0 Å². The first kappa shape index (κ1) is 12.9. The molecule has 0 spiro atoms. The second-order valence-corrected chi connectivity index (χ2v) is 5.15. The average molecular weight is 323 g/mol. The predicted molar refractivity (Wildman–Crippen MR) is 80.1 cm³/mol. The highest BCUT2D eigenvalue weighted by molar-refractivity contribution is 9.10. The molecule has 92 valence electrons. The molecule has 6 heteroatoms. The van der Waals surface area contributed by atoms with E-state index in [9.17, 15) is 0 Å². The molecule has 0 atom stereocenters. The maximum atomic E-state index is 5.46. The Balaban J connectivity index is 2.20. The summed E-state index contributed by atoms with van der Waals surface area (Å²) in [5, 5.41) is 3.16. The van der Waals surface area contributed by atoms with Gasteiger partial charge < -0.3 is 11.1 Å². The number of aromatic nitrogens is 2. The number of nitrogens with two attached hydrogens (primary N) is 1. The standard InChI is InChI=1S/C12H11BrN4S/c1-7-2-8(13)4-9(3-7)17-11-6-15-10(5-16-11)12(14)18/h2-6H,1H3,(H2,14,18)(H,16,17). The normalized spacial score (nSPS) is 10.1. The van der Waals surface area contributed by atoms with E-state index in [0.717, 1.165) is 15.7 Å². The zero-order chi connectivity index (χ0) is 13.1. The van der Waals surface area contributed by atoms with Gasteiger partial charge in [0, 0.05) is 10.2 Å². The Hall–Kier alpha value is -1.53. The van der Waals surface area contributed by atoms with Crippen LogP contribution in [0.15, 0.2) is 35.1 Å². The Kier molecular flexibility index (Phi) is 3.88. The van der Waals surface area contributed by atoms with Crippen molar-refractivity contribution in [1.82, 2.24) is 9.97 Å². The van der Waals surface area contributed by atoms with Crippen LogP contribution in [0.1, 0.15) is 11.3 Å². The van der Waals surface area contributed by atoms with E-state index in [4.69, 9.17) is 18.0 Å². The molecule has 0 aliphatic carbocycles. The molecule has 0 bridgehead atoms. The Morgan fingerprint density at radius 2 is 2.06 bits per heavy atom. The zero-order valence-electron chi connectivity index (χ0n) is 9.64. The lowest BCUT2D eigenvalue weighted by atomic mass is 10.2. The minimum absolute atomic E-state index is 0.243. The van der Waals surface area contributed by atoms with Gasteiger partial charge >= 0.3 is 0 Å². The van der Waals surface area contributed by atoms with Gasteiger partial charge in [-0.1, -0.05) is 28.1 Å². The van der Waals surface area contributed by atoms with Crippen molar-refractivity contribution >= 4 is 44.6 Å². The molecule has 0 fully saturated rings. The molecule has 0 saturated heterocycles. The van der Waals surface area contributed by atoms with Crippen molar-refractivity contribution in [3.8, 4) is 0 Å². The lowest BCUT2D eigenvalue weighted by Gasteiger charge is -2.07. The summed E-state index contributed by atoms with van der Waals surface area (Å²) >= 11 is 8.27. The quantitative estimate of drug-likeness (QED) is 0.851. The fourth-order valence-corrected chi connectivity index (χ4v) is 2.19. The highest BCUT2D eigenvalue weighted by atomic mass is 79.9. The second-order valence-electron chi connectivity index (χ2n) is 3.79. The summed E-state index contributed by atoms with van der Waals surface area (Å²) in [5.41, 5.74) is 8.07. The van der Waals surface area contributed by atoms with Gasteiger partial charge in [0.05, 0.1) is 12.4 Å². The largest absolute Gasteiger partial charge is 0.388 e. The van der Waals surface area contributed by atoms with Crippen LogP contribution in [0.25, 0.3) is 0 Å². The molecule has 0 aliphatic heterocycles. The maximum Gasteiger partial charge on any atom is 0.148 e. The van der Waals surface area contributed by atoms with Gasteiger partial charge in [-0.3, -0.25) is 0 Å². The van der Waals surface area contributed by atoms with E-state index < -0.39 is 0 Å². The summed E-state index contributed by atoms with van der Waals surface area (Å²) in [6.45, 7) is 2.03. The van der Waals surface area contributed by atoms with E-state index in [2.05, 4.69) is 31.2 Å². The smallest absolute Gasteiger partial charge is 0.148 e. The first-order valence-corrected chi connectivity index (χ1v) is 6.41. The third kappa shape index (κ3) is 3.24. The molecular weight excluding hydrogens is 312 g/mol. The number of thiocarbonyl (C=S) groups is 1. The van der Waals surface area contributed by atoms with Crippen molar-refractivity contribution in [2.75, 3.05) is 5.32 Å². The van der Waals surface area contributed by atoms with E-state index in [-0.39, 0.29) is 4.99 Å². The van der Waals surface area contributed by atoms with Crippen LogP contribution in [0, 0.1) is 6.92 Å². The number of rotatable bonds is 3. The Labute approximate surface area is 119 Å². The van der Waals surface area contributed by atoms with Crippen LogP contribution in [-0.2, 0) is 0 Å². The van der Waals surface area contributed by atoms with Gasteiger partial charge in [0.25, 0.3) is 0 Å². The van der Waals surface area contributed by atoms with Crippen molar-refractivity contribution < 1.29 is 0 Å². The maximum absolute atomic E-state index is 5.46. The summed E-state index contributed by atoms with van der Waals surface area (Å²) in [4.78, 5) is 8.56. The van der Waals surface area contributed by atoms with Crippen molar-refractivity contribution in [3.05, 3.63) is 46.3 Å². The molecule has 18 heavy (non-hydrogen) atoms. The number of halogens is 1. The predicted octanol–water partition coefficient (Wildman–Crippen LogP) is 2.93. The van der Waals surface area contributed by atoms with Gasteiger partial charge in [0.1, 0.15) is 16.5 Å². The summed E-state index contributed by atoms with van der Waals surface area (Å²) in [6.07, 6.45) is 3.15. The Bertz CT molecular complexity index is 563. The molecule has 4 nitrogen and oxygen atoms in total. The number of benzene rings is 1. The highest BCUT2D eigenvalue weighted by Gasteiger charge is 2.01. The Morgan fingerprint density at radius 1 is 1.28 bits per heavy atom. The van der Waals surface area contributed by atoms with Crippen LogP contribution in [0.5, 0.6) is 0 Å². The fraction of sp³-hybridized carbons (Fsp3) is 0.0833. The number of anilines is 2. The van der Waals surface area contributed by atoms with E-state index in [1.54, 1.807) is 12.4 Å². The summed E-state index contributed by atoms with van der Waals surface area (Å²) in [6, 6.07) is 6.02. The molecule has 3 N–H and O–H groups in total. The molecule has 2 aromatic rings. The van der Waals surface area contributed by atoms with E-state index in [0.29, 0.717) is 11.5 Å². The number of hydrogen-bond donors (Lipinski definition) is 2. The van der Waals surface area contributed by atoms with E-state index in [1.165, 1.54) is 0 Å². The van der Waals surface area contributed by atoms with E-state index >= 15 is 0 Å². The van der Waals surface area contributed by atoms with Crippen LogP contribution in [0.3, 0.4) is 0 Å². The lowest BCUT2D eigenvalue weighted by molar-refractivity contribution is 1.18. The third-order valence-corrected chi connectivity index (χ3v) is 2.89. The monoisotopic (exact) mass is 322 g/mol. The molecule has 0 aliphatic rings. The molecule has 2 rings (SSSR count). The molecule has 0 saturated carbocycles. The minimum atomic E-state index is 0.243. The van der Waals surface area contributed by atoms with Crippen LogP contribution in [-0.4, -0.2) is 15.0 Å². The van der Waals surface area contributed by atoms with Crippen LogP contribution in [0.4, 0.5) is 11.5 Å². The molecule has 1 aromatic carbocycles. The fourth-order valence-electron chi connectivity index (χ4n) is 1.48. The van der Waals surface area contributed by atoms with Crippen molar-refractivity contribution in [1.29, 1.82) is 0 Å². The molecule has 0 amide bonds. The molecule has 0 unspecified atom stereocenters. The van der Waals surface area contributed by atoms with Crippen LogP contribution >= 0.6 is 28.1 Å². The van der Waals surface area contributed by atoms with Gasteiger partial charge in [-0.2, -0.15) is 0 Å². The highest BCUT2D eigenvalue weighted by Crippen LogP contribution is 2.21. The topological polar surface area (TPSA) is 63.8 Å². The molecule has 0 radical (unpaired) electrons. The number of nitrogens with zero attached hydrogens (tertiary/aromatic N) is 2. The molecule has 1 aromatic heterocycles. The Morgan fingerprint density at radius 3 is 2.61 bits per heavy atom. The zero-order valence-corrected chi connectivity index (χ0v) is 12.0. The number of hydrogen-bond acceptors (Lipinski definition) is 4. The van der Waals surface area contributed by atoms with E-state index in [1.807, 2.05) is 25.1 Å². The SMILES string of the molecule is Cc1cc(Br)cc(Nc2cnc(C(N)=S)cn2)c1. The van der Waals surface area contributed by atoms with Gasteiger partial charge in [-0.15, -0.1) is 0 Å². The summed E-state index contributed by atoms with van der Waals surface area (Å²) in [5.74, 6) is 0.646. The van der Waals surface area contributed by atoms with Gasteiger partial charge in [-0.05, 0) is 30.7 Å².